The molecule has 0 aliphatic rings. The number of hydrogen-bond donors (Lipinski definition) is 1. The van der Waals surface area contributed by atoms with Crippen molar-refractivity contribution in [1.82, 2.24) is 0 Å². The standard InChI is InChI=1S/C12H23F4N/c1-6-9(4,7-2)11(13,14)12(15,16)10(5,17)8-3/h6-8,17H2,1-5H3. The number of alkyl halides is 4. The van der Waals surface area contributed by atoms with Gasteiger partial charge in [-0.1, -0.05) is 27.7 Å². The van der Waals surface area contributed by atoms with Gasteiger partial charge in [0.05, 0.1) is 5.54 Å². The molecule has 0 bridgehead atoms. The maximum absolute atomic E-state index is 14.1. The molecule has 0 rings (SSSR count). The predicted molar refractivity (Wildman–Crippen MR) is 61.5 cm³/mol. The highest BCUT2D eigenvalue weighted by molar-refractivity contribution is 5.07. The van der Waals surface area contributed by atoms with E-state index in [1.54, 1.807) is 0 Å². The van der Waals surface area contributed by atoms with Crippen molar-refractivity contribution in [1.29, 1.82) is 0 Å². The first-order valence-corrected chi connectivity index (χ1v) is 5.98. The van der Waals surface area contributed by atoms with E-state index in [1.807, 2.05) is 0 Å². The van der Waals surface area contributed by atoms with Crippen LogP contribution in [0.25, 0.3) is 0 Å². The lowest BCUT2D eigenvalue weighted by Crippen LogP contribution is -2.66. The first-order valence-electron chi connectivity index (χ1n) is 5.98. The largest absolute Gasteiger partial charge is 0.327 e. The van der Waals surface area contributed by atoms with Crippen LogP contribution >= 0.6 is 0 Å². The Hall–Kier alpha value is -0.320. The monoisotopic (exact) mass is 257 g/mol. The van der Waals surface area contributed by atoms with Gasteiger partial charge in [0.15, 0.2) is 0 Å². The van der Waals surface area contributed by atoms with Gasteiger partial charge in [-0.2, -0.15) is 17.6 Å². The smallest absolute Gasteiger partial charge is 0.320 e. The van der Waals surface area contributed by atoms with Crippen molar-refractivity contribution in [2.75, 3.05) is 0 Å². The second-order valence-electron chi connectivity index (χ2n) is 5.19. The zero-order valence-corrected chi connectivity index (χ0v) is 11.2. The van der Waals surface area contributed by atoms with Gasteiger partial charge in [-0.3, -0.25) is 0 Å². The van der Waals surface area contributed by atoms with Crippen molar-refractivity contribution < 1.29 is 17.6 Å². The fourth-order valence-corrected chi connectivity index (χ4v) is 1.65. The van der Waals surface area contributed by atoms with Crippen molar-refractivity contribution in [3.63, 3.8) is 0 Å². The Bertz CT molecular complexity index is 257. The molecule has 1 nitrogen and oxygen atoms in total. The highest BCUT2D eigenvalue weighted by Gasteiger charge is 2.70. The van der Waals surface area contributed by atoms with E-state index >= 15 is 0 Å². The Morgan fingerprint density at radius 1 is 0.765 bits per heavy atom. The summed E-state index contributed by atoms with van der Waals surface area (Å²) in [6, 6.07) is 0. The average Bonchev–Trinajstić information content (AvgIpc) is 2.26. The zero-order chi connectivity index (χ0) is 14.1. The molecule has 0 heterocycles. The third kappa shape index (κ3) is 2.30. The summed E-state index contributed by atoms with van der Waals surface area (Å²) in [5.41, 5.74) is 1.41. The molecule has 0 saturated heterocycles. The van der Waals surface area contributed by atoms with E-state index in [0.717, 1.165) is 6.92 Å². The van der Waals surface area contributed by atoms with Crippen LogP contribution in [0.2, 0.25) is 0 Å². The van der Waals surface area contributed by atoms with Crippen molar-refractivity contribution >= 4 is 0 Å². The minimum Gasteiger partial charge on any atom is -0.320 e. The lowest BCUT2D eigenvalue weighted by molar-refractivity contribution is -0.290. The van der Waals surface area contributed by atoms with Crippen LogP contribution in [0.1, 0.15) is 53.9 Å². The van der Waals surface area contributed by atoms with Gasteiger partial charge in [-0.05, 0) is 26.2 Å². The van der Waals surface area contributed by atoms with Gasteiger partial charge in [0.25, 0.3) is 0 Å². The van der Waals surface area contributed by atoms with Crippen molar-refractivity contribution in [3.8, 4) is 0 Å². The second-order valence-corrected chi connectivity index (χ2v) is 5.19. The summed E-state index contributed by atoms with van der Waals surface area (Å²) >= 11 is 0. The summed E-state index contributed by atoms with van der Waals surface area (Å²) in [5.74, 6) is -8.35. The van der Waals surface area contributed by atoms with Gasteiger partial charge >= 0.3 is 11.8 Å². The van der Waals surface area contributed by atoms with Gasteiger partial charge in [0, 0.05) is 5.41 Å². The topological polar surface area (TPSA) is 26.0 Å². The molecule has 0 fully saturated rings. The Morgan fingerprint density at radius 3 is 1.35 bits per heavy atom. The van der Waals surface area contributed by atoms with E-state index in [4.69, 9.17) is 5.73 Å². The Labute approximate surface area is 101 Å². The quantitative estimate of drug-likeness (QED) is 0.709. The summed E-state index contributed by atoms with van der Waals surface area (Å²) in [5, 5.41) is 0. The first kappa shape index (κ1) is 16.7. The summed E-state index contributed by atoms with van der Waals surface area (Å²) < 4.78 is 56.2. The number of halogens is 4. The molecule has 0 spiro atoms. The molecule has 5 heteroatoms. The molecular weight excluding hydrogens is 234 g/mol. The number of nitrogens with two attached hydrogens (primary N) is 1. The van der Waals surface area contributed by atoms with E-state index in [-0.39, 0.29) is 19.3 Å². The van der Waals surface area contributed by atoms with Crippen LogP contribution in [0.5, 0.6) is 0 Å². The molecule has 17 heavy (non-hydrogen) atoms. The zero-order valence-electron chi connectivity index (χ0n) is 11.2. The lowest BCUT2D eigenvalue weighted by atomic mass is 9.71. The first-order chi connectivity index (χ1) is 7.43. The maximum Gasteiger partial charge on any atom is 0.327 e. The van der Waals surface area contributed by atoms with Crippen LogP contribution in [0.15, 0.2) is 0 Å². The van der Waals surface area contributed by atoms with Gasteiger partial charge in [-0.25, -0.2) is 0 Å². The van der Waals surface area contributed by atoms with Crippen molar-refractivity contribution in [2.24, 2.45) is 11.1 Å². The molecule has 0 aliphatic heterocycles. The molecule has 0 radical (unpaired) electrons. The summed E-state index contributed by atoms with van der Waals surface area (Å²) in [6.07, 6.45) is -0.253. The molecule has 0 aliphatic carbocycles. The maximum atomic E-state index is 14.1. The SMILES string of the molecule is CCC(C)(N)C(F)(F)C(F)(F)C(C)(CC)CC. The summed E-state index contributed by atoms with van der Waals surface area (Å²) in [7, 11) is 0. The lowest BCUT2D eigenvalue weighted by Gasteiger charge is -2.46. The molecule has 0 saturated carbocycles. The van der Waals surface area contributed by atoms with Crippen molar-refractivity contribution in [2.45, 2.75) is 71.3 Å². The Balaban J connectivity index is 5.59. The molecular formula is C12H23F4N. The van der Waals surface area contributed by atoms with E-state index in [2.05, 4.69) is 0 Å². The predicted octanol–water partition coefficient (Wildman–Crippen LogP) is 4.21. The number of hydrogen-bond acceptors (Lipinski definition) is 1. The van der Waals surface area contributed by atoms with Gasteiger partial charge in [-0.15, -0.1) is 0 Å². The van der Waals surface area contributed by atoms with Crippen LogP contribution in [0.4, 0.5) is 17.6 Å². The molecule has 1 unspecified atom stereocenters. The molecule has 0 aromatic rings. The molecule has 1 atom stereocenters. The molecule has 104 valence electrons. The normalized spacial score (nSPS) is 18.0. The fourth-order valence-electron chi connectivity index (χ4n) is 1.65. The third-order valence-electron chi connectivity index (χ3n) is 4.16. The highest BCUT2D eigenvalue weighted by atomic mass is 19.3. The second kappa shape index (κ2) is 4.75. The van der Waals surface area contributed by atoms with Crippen LogP contribution < -0.4 is 5.73 Å². The third-order valence-corrected chi connectivity index (χ3v) is 4.16. The Morgan fingerprint density at radius 2 is 1.12 bits per heavy atom. The summed E-state index contributed by atoms with van der Waals surface area (Å²) in [6.45, 7) is 6.54. The molecule has 0 aromatic carbocycles. The highest BCUT2D eigenvalue weighted by Crippen LogP contribution is 2.54. The molecule has 2 N–H and O–H groups in total. The van der Waals surface area contributed by atoms with Crippen molar-refractivity contribution in [3.05, 3.63) is 0 Å². The van der Waals surface area contributed by atoms with E-state index < -0.39 is 22.8 Å². The minimum absolute atomic E-state index is 0.0219. The Kier molecular flexibility index (Phi) is 4.66. The van der Waals surface area contributed by atoms with E-state index in [1.165, 1.54) is 27.7 Å². The van der Waals surface area contributed by atoms with Crippen LogP contribution in [0, 0.1) is 5.41 Å². The van der Waals surface area contributed by atoms with Crippen LogP contribution in [-0.2, 0) is 0 Å². The molecule has 0 amide bonds. The van der Waals surface area contributed by atoms with Gasteiger partial charge in [0.1, 0.15) is 0 Å². The van der Waals surface area contributed by atoms with Gasteiger partial charge in [0.2, 0.25) is 0 Å². The molecule has 0 aromatic heterocycles. The van der Waals surface area contributed by atoms with Crippen LogP contribution in [-0.4, -0.2) is 17.4 Å². The summed E-state index contributed by atoms with van der Waals surface area (Å²) in [4.78, 5) is 0. The number of rotatable bonds is 6. The van der Waals surface area contributed by atoms with E-state index in [9.17, 15) is 17.6 Å². The van der Waals surface area contributed by atoms with E-state index in [0.29, 0.717) is 0 Å². The average molecular weight is 257 g/mol. The van der Waals surface area contributed by atoms with Crippen LogP contribution in [0.3, 0.4) is 0 Å². The van der Waals surface area contributed by atoms with Gasteiger partial charge < -0.3 is 5.73 Å². The fraction of sp³-hybridized carbons (Fsp3) is 1.00. The minimum atomic E-state index is -4.23.